The minimum Gasteiger partial charge on any atom is -0.354 e. The molecule has 4 nitrogen and oxygen atoms in total. The molecule has 0 saturated heterocycles. The van der Waals surface area contributed by atoms with Crippen LogP contribution >= 0.6 is 23.2 Å². The van der Waals surface area contributed by atoms with Crippen LogP contribution in [0.5, 0.6) is 0 Å². The van der Waals surface area contributed by atoms with Gasteiger partial charge >= 0.3 is 0 Å². The first-order valence-corrected chi connectivity index (χ1v) is 10.3. The topological polar surface area (TPSA) is 67.1 Å². The zero-order valence-corrected chi connectivity index (χ0v) is 18.1. The van der Waals surface area contributed by atoms with Crippen molar-refractivity contribution in [3.8, 4) is 0 Å². The number of carbonyl (C=O) groups excluding carboxylic acids is 1. The predicted molar refractivity (Wildman–Crippen MR) is 126 cm³/mol. The molecule has 0 spiro atoms. The number of rotatable bonds is 4. The Kier molecular flexibility index (Phi) is 5.33. The minimum atomic E-state index is -0.431. The Bertz CT molecular complexity index is 1140. The summed E-state index contributed by atoms with van der Waals surface area (Å²) in [7, 11) is 0. The first-order valence-electron chi connectivity index (χ1n) is 9.50. The first-order chi connectivity index (χ1) is 14.2. The lowest BCUT2D eigenvalue weighted by molar-refractivity contribution is -0.110. The molecule has 30 heavy (non-hydrogen) atoms. The van der Waals surface area contributed by atoms with Gasteiger partial charge in [0.2, 0.25) is 0 Å². The van der Waals surface area contributed by atoms with E-state index in [0.717, 1.165) is 22.4 Å². The van der Waals surface area contributed by atoms with Crippen LogP contribution in [0.15, 0.2) is 66.7 Å². The molecule has 0 aliphatic carbocycles. The lowest BCUT2D eigenvalue weighted by Gasteiger charge is -2.20. The van der Waals surface area contributed by atoms with E-state index in [2.05, 4.69) is 10.6 Å². The third kappa shape index (κ3) is 4.08. The van der Waals surface area contributed by atoms with Crippen LogP contribution in [0.1, 0.15) is 30.5 Å². The van der Waals surface area contributed by atoms with E-state index in [1.165, 1.54) is 0 Å². The Labute approximate surface area is 185 Å². The maximum absolute atomic E-state index is 12.9. The summed E-state index contributed by atoms with van der Waals surface area (Å²) in [6.45, 7) is 3.92. The van der Waals surface area contributed by atoms with E-state index in [1.54, 1.807) is 24.3 Å². The second kappa shape index (κ2) is 7.80. The van der Waals surface area contributed by atoms with Crippen molar-refractivity contribution >= 4 is 51.8 Å². The summed E-state index contributed by atoms with van der Waals surface area (Å²) >= 11 is 12.2. The molecule has 0 fully saturated rings. The molecule has 3 aromatic rings. The standard InChI is InChI=1S/C24H21Cl2N3O/c1-24(2,27)15-5-10-18(11-6-15)28-22(14-3-7-16(25)8-4-14)21-19-12-9-17(26)13-20(19)29-23(21)30/h3-13,28H,27H2,1-2H3,(H,29,30)/b22-21-. The lowest BCUT2D eigenvalue weighted by Crippen LogP contribution is -2.28. The monoisotopic (exact) mass is 437 g/mol. The van der Waals surface area contributed by atoms with E-state index < -0.39 is 5.54 Å². The van der Waals surface area contributed by atoms with Crippen molar-refractivity contribution in [2.24, 2.45) is 5.73 Å². The van der Waals surface area contributed by atoms with Crippen LogP contribution in [-0.2, 0) is 10.3 Å². The van der Waals surface area contributed by atoms with Gasteiger partial charge in [-0.2, -0.15) is 0 Å². The maximum Gasteiger partial charge on any atom is 0.258 e. The molecule has 3 aromatic carbocycles. The van der Waals surface area contributed by atoms with E-state index in [4.69, 9.17) is 28.9 Å². The molecule has 0 radical (unpaired) electrons. The fourth-order valence-electron chi connectivity index (χ4n) is 3.42. The highest BCUT2D eigenvalue weighted by Gasteiger charge is 2.28. The number of fused-ring (bicyclic) bond motifs is 1. The molecule has 1 amide bonds. The Morgan fingerprint density at radius 3 is 2.20 bits per heavy atom. The van der Waals surface area contributed by atoms with E-state index in [-0.39, 0.29) is 5.91 Å². The van der Waals surface area contributed by atoms with Crippen LogP contribution in [0.3, 0.4) is 0 Å². The molecular formula is C24H21Cl2N3O. The van der Waals surface area contributed by atoms with Gasteiger partial charge in [0.25, 0.3) is 5.91 Å². The van der Waals surface area contributed by atoms with Crippen molar-refractivity contribution in [1.82, 2.24) is 0 Å². The third-order valence-corrected chi connectivity index (χ3v) is 5.49. The second-order valence-electron chi connectivity index (χ2n) is 7.82. The van der Waals surface area contributed by atoms with E-state index in [0.29, 0.717) is 27.0 Å². The summed E-state index contributed by atoms with van der Waals surface area (Å²) in [5.41, 5.74) is 11.2. The SMILES string of the molecule is CC(C)(N)c1ccc(N/C(=C2\C(=O)Nc3cc(Cl)ccc32)c2ccc(Cl)cc2)cc1. The Hall–Kier alpha value is -2.79. The summed E-state index contributed by atoms with van der Waals surface area (Å²) in [5.74, 6) is -0.190. The molecule has 6 heteroatoms. The smallest absolute Gasteiger partial charge is 0.258 e. The van der Waals surface area contributed by atoms with Gasteiger partial charge in [-0.3, -0.25) is 4.79 Å². The number of hydrogen-bond donors (Lipinski definition) is 3. The van der Waals surface area contributed by atoms with Crippen LogP contribution in [0.2, 0.25) is 10.0 Å². The van der Waals surface area contributed by atoms with Crippen molar-refractivity contribution in [3.63, 3.8) is 0 Å². The van der Waals surface area contributed by atoms with Gasteiger partial charge in [0, 0.05) is 26.8 Å². The number of carbonyl (C=O) groups is 1. The highest BCUT2D eigenvalue weighted by Crippen LogP contribution is 2.39. The molecule has 0 aromatic heterocycles. The number of amides is 1. The normalized spacial score (nSPS) is 14.9. The minimum absolute atomic E-state index is 0.190. The van der Waals surface area contributed by atoms with Crippen molar-refractivity contribution in [2.75, 3.05) is 10.6 Å². The molecule has 0 saturated carbocycles. The highest BCUT2D eigenvalue weighted by atomic mass is 35.5. The van der Waals surface area contributed by atoms with Crippen molar-refractivity contribution in [1.29, 1.82) is 0 Å². The average molecular weight is 438 g/mol. The summed E-state index contributed by atoms with van der Waals surface area (Å²) in [6, 6.07) is 20.6. The Morgan fingerprint density at radius 1 is 0.933 bits per heavy atom. The van der Waals surface area contributed by atoms with Crippen LogP contribution in [-0.4, -0.2) is 5.91 Å². The van der Waals surface area contributed by atoms with Gasteiger partial charge in [-0.1, -0.05) is 53.5 Å². The molecular weight excluding hydrogens is 417 g/mol. The number of hydrogen-bond acceptors (Lipinski definition) is 3. The molecule has 4 rings (SSSR count). The van der Waals surface area contributed by atoms with Gasteiger partial charge in [-0.25, -0.2) is 0 Å². The molecule has 1 aliphatic heterocycles. The Balaban J connectivity index is 1.83. The number of nitrogens with two attached hydrogens (primary N) is 1. The van der Waals surface area contributed by atoms with E-state index in [9.17, 15) is 4.79 Å². The molecule has 152 valence electrons. The number of nitrogens with one attached hydrogen (secondary N) is 2. The fourth-order valence-corrected chi connectivity index (χ4v) is 3.71. The van der Waals surface area contributed by atoms with Crippen molar-refractivity contribution in [3.05, 3.63) is 93.5 Å². The molecule has 0 bridgehead atoms. The number of halogens is 2. The second-order valence-corrected chi connectivity index (χ2v) is 8.70. The molecule has 1 aliphatic rings. The van der Waals surface area contributed by atoms with Crippen LogP contribution in [0, 0.1) is 0 Å². The van der Waals surface area contributed by atoms with E-state index in [1.807, 2.05) is 56.3 Å². The van der Waals surface area contributed by atoms with Crippen molar-refractivity contribution < 1.29 is 4.79 Å². The van der Waals surface area contributed by atoms with E-state index >= 15 is 0 Å². The number of anilines is 2. The fraction of sp³-hybridized carbons (Fsp3) is 0.125. The molecule has 0 atom stereocenters. The quantitative estimate of drug-likeness (QED) is 0.430. The van der Waals surface area contributed by atoms with Gasteiger partial charge in [0.15, 0.2) is 0 Å². The summed E-state index contributed by atoms with van der Waals surface area (Å²) < 4.78 is 0. The largest absolute Gasteiger partial charge is 0.354 e. The van der Waals surface area contributed by atoms with Gasteiger partial charge < -0.3 is 16.4 Å². The average Bonchev–Trinajstić information content (AvgIpc) is 3.01. The van der Waals surface area contributed by atoms with Gasteiger partial charge in [0.05, 0.1) is 17.0 Å². The zero-order valence-electron chi connectivity index (χ0n) is 16.6. The van der Waals surface area contributed by atoms with Crippen LogP contribution in [0.4, 0.5) is 11.4 Å². The number of benzene rings is 3. The summed E-state index contributed by atoms with van der Waals surface area (Å²) in [4.78, 5) is 12.9. The predicted octanol–water partition coefficient (Wildman–Crippen LogP) is 6.12. The van der Waals surface area contributed by atoms with Crippen molar-refractivity contribution in [2.45, 2.75) is 19.4 Å². The Morgan fingerprint density at radius 2 is 1.57 bits per heavy atom. The van der Waals surface area contributed by atoms with Crippen LogP contribution in [0.25, 0.3) is 11.3 Å². The van der Waals surface area contributed by atoms with Gasteiger partial charge in [0.1, 0.15) is 0 Å². The summed E-state index contributed by atoms with van der Waals surface area (Å²) in [6.07, 6.45) is 0. The first kappa shape index (κ1) is 20.5. The molecule has 0 unspecified atom stereocenters. The highest BCUT2D eigenvalue weighted by molar-refractivity contribution is 6.38. The third-order valence-electron chi connectivity index (χ3n) is 5.01. The van der Waals surface area contributed by atoms with Gasteiger partial charge in [-0.15, -0.1) is 0 Å². The zero-order chi connectivity index (χ0) is 21.5. The van der Waals surface area contributed by atoms with Crippen LogP contribution < -0.4 is 16.4 Å². The lowest BCUT2D eigenvalue weighted by atomic mass is 9.95. The van der Waals surface area contributed by atoms with Gasteiger partial charge in [-0.05, 0) is 61.4 Å². The molecule has 1 heterocycles. The maximum atomic E-state index is 12.9. The summed E-state index contributed by atoms with van der Waals surface area (Å²) in [5, 5.41) is 7.52. The molecule has 4 N–H and O–H groups in total.